The highest BCUT2D eigenvalue weighted by Gasteiger charge is 2.28. The first-order valence-corrected chi connectivity index (χ1v) is 5.83. The zero-order valence-corrected chi connectivity index (χ0v) is 8.82. The van der Waals surface area contributed by atoms with Crippen molar-refractivity contribution in [3.8, 4) is 0 Å². The molecule has 2 aliphatic rings. The molecule has 1 aliphatic heterocycles. The summed E-state index contributed by atoms with van der Waals surface area (Å²) >= 11 is 0. The standard InChI is InChI=1S/C11H21NO2/c13-6-5-12(9-10-1-2-10)11-3-7-14-8-4-11/h10-11,13H,1-9H2. The van der Waals surface area contributed by atoms with Crippen molar-refractivity contribution in [2.24, 2.45) is 5.92 Å². The maximum atomic E-state index is 9.03. The Morgan fingerprint density at radius 3 is 2.43 bits per heavy atom. The molecule has 1 saturated carbocycles. The lowest BCUT2D eigenvalue weighted by Gasteiger charge is -2.33. The first-order chi connectivity index (χ1) is 6.90. The van der Waals surface area contributed by atoms with E-state index in [9.17, 15) is 0 Å². The third kappa shape index (κ3) is 2.94. The smallest absolute Gasteiger partial charge is 0.0558 e. The summed E-state index contributed by atoms with van der Waals surface area (Å²) in [6.45, 7) is 4.14. The molecule has 0 aromatic rings. The summed E-state index contributed by atoms with van der Waals surface area (Å²) < 4.78 is 5.36. The van der Waals surface area contributed by atoms with Gasteiger partial charge in [0, 0.05) is 32.3 Å². The Morgan fingerprint density at radius 1 is 1.14 bits per heavy atom. The highest BCUT2D eigenvalue weighted by atomic mass is 16.5. The second-order valence-corrected chi connectivity index (χ2v) is 4.51. The van der Waals surface area contributed by atoms with Crippen LogP contribution in [0.2, 0.25) is 0 Å². The third-order valence-electron chi connectivity index (χ3n) is 3.28. The van der Waals surface area contributed by atoms with Crippen molar-refractivity contribution < 1.29 is 9.84 Å². The molecule has 0 aromatic carbocycles. The second kappa shape index (κ2) is 5.10. The minimum Gasteiger partial charge on any atom is -0.395 e. The Balaban J connectivity index is 1.79. The lowest BCUT2D eigenvalue weighted by atomic mass is 10.1. The van der Waals surface area contributed by atoms with Gasteiger partial charge in [-0.15, -0.1) is 0 Å². The molecule has 0 aromatic heterocycles. The van der Waals surface area contributed by atoms with Gasteiger partial charge in [0.15, 0.2) is 0 Å². The number of rotatable bonds is 5. The van der Waals surface area contributed by atoms with Gasteiger partial charge in [-0.1, -0.05) is 0 Å². The summed E-state index contributed by atoms with van der Waals surface area (Å²) in [6.07, 6.45) is 5.08. The SMILES string of the molecule is OCCN(CC1CC1)C1CCOCC1. The molecule has 1 aliphatic carbocycles. The van der Waals surface area contributed by atoms with Crippen LogP contribution in [0, 0.1) is 5.92 Å². The van der Waals surface area contributed by atoms with Crippen LogP contribution in [0.1, 0.15) is 25.7 Å². The quantitative estimate of drug-likeness (QED) is 0.713. The summed E-state index contributed by atoms with van der Waals surface area (Å²) in [4.78, 5) is 2.47. The van der Waals surface area contributed by atoms with Crippen LogP contribution in [0.3, 0.4) is 0 Å². The maximum absolute atomic E-state index is 9.03. The lowest BCUT2D eigenvalue weighted by molar-refractivity contribution is 0.0263. The van der Waals surface area contributed by atoms with E-state index in [4.69, 9.17) is 9.84 Å². The molecule has 0 atom stereocenters. The first-order valence-electron chi connectivity index (χ1n) is 5.83. The van der Waals surface area contributed by atoms with Crippen LogP contribution in [0.5, 0.6) is 0 Å². The van der Waals surface area contributed by atoms with Gasteiger partial charge in [-0.2, -0.15) is 0 Å². The van der Waals surface area contributed by atoms with Crippen molar-refractivity contribution in [3.05, 3.63) is 0 Å². The van der Waals surface area contributed by atoms with E-state index in [0.29, 0.717) is 12.6 Å². The lowest BCUT2D eigenvalue weighted by Crippen LogP contribution is -2.42. The Labute approximate surface area is 86.0 Å². The van der Waals surface area contributed by atoms with Crippen molar-refractivity contribution in [3.63, 3.8) is 0 Å². The number of aliphatic hydroxyl groups is 1. The average Bonchev–Trinajstić information content (AvgIpc) is 3.03. The number of aliphatic hydroxyl groups excluding tert-OH is 1. The summed E-state index contributed by atoms with van der Waals surface area (Å²) in [7, 11) is 0. The molecule has 2 rings (SSSR count). The van der Waals surface area contributed by atoms with E-state index in [1.165, 1.54) is 19.4 Å². The van der Waals surface area contributed by atoms with E-state index in [2.05, 4.69) is 4.90 Å². The predicted molar refractivity (Wildman–Crippen MR) is 55.2 cm³/mol. The van der Waals surface area contributed by atoms with Crippen molar-refractivity contribution in [1.82, 2.24) is 4.90 Å². The van der Waals surface area contributed by atoms with E-state index in [-0.39, 0.29) is 0 Å². The van der Waals surface area contributed by atoms with Crippen molar-refractivity contribution >= 4 is 0 Å². The number of hydrogen-bond acceptors (Lipinski definition) is 3. The van der Waals surface area contributed by atoms with Crippen LogP contribution in [0.25, 0.3) is 0 Å². The zero-order chi connectivity index (χ0) is 9.80. The first kappa shape index (κ1) is 10.4. The minimum absolute atomic E-state index is 0.296. The zero-order valence-electron chi connectivity index (χ0n) is 8.82. The van der Waals surface area contributed by atoms with Crippen LogP contribution in [0.4, 0.5) is 0 Å². The molecule has 1 N–H and O–H groups in total. The highest BCUT2D eigenvalue weighted by Crippen LogP contribution is 2.31. The van der Waals surface area contributed by atoms with Gasteiger partial charge >= 0.3 is 0 Å². The molecule has 3 nitrogen and oxygen atoms in total. The van der Waals surface area contributed by atoms with E-state index in [1.807, 2.05) is 0 Å². The van der Waals surface area contributed by atoms with Gasteiger partial charge in [0.25, 0.3) is 0 Å². The Morgan fingerprint density at radius 2 is 1.86 bits per heavy atom. The van der Waals surface area contributed by atoms with E-state index in [0.717, 1.165) is 38.5 Å². The van der Waals surface area contributed by atoms with Crippen molar-refractivity contribution in [2.75, 3.05) is 32.9 Å². The summed E-state index contributed by atoms with van der Waals surface area (Å²) in [5, 5.41) is 9.03. The van der Waals surface area contributed by atoms with Crippen LogP contribution < -0.4 is 0 Å². The van der Waals surface area contributed by atoms with Gasteiger partial charge < -0.3 is 9.84 Å². The Hall–Kier alpha value is -0.120. The average molecular weight is 199 g/mol. The summed E-state index contributed by atoms with van der Waals surface area (Å²) in [5.41, 5.74) is 0. The van der Waals surface area contributed by atoms with E-state index >= 15 is 0 Å². The van der Waals surface area contributed by atoms with Gasteiger partial charge in [0.1, 0.15) is 0 Å². The molecule has 1 heterocycles. The van der Waals surface area contributed by atoms with Crippen LogP contribution >= 0.6 is 0 Å². The van der Waals surface area contributed by atoms with Crippen LogP contribution in [-0.4, -0.2) is 49.0 Å². The van der Waals surface area contributed by atoms with Crippen LogP contribution in [-0.2, 0) is 4.74 Å². The molecule has 0 radical (unpaired) electrons. The largest absolute Gasteiger partial charge is 0.395 e. The molecule has 3 heteroatoms. The third-order valence-corrected chi connectivity index (χ3v) is 3.28. The Bertz CT molecular complexity index is 165. The van der Waals surface area contributed by atoms with Gasteiger partial charge in [-0.25, -0.2) is 0 Å². The molecule has 0 bridgehead atoms. The topological polar surface area (TPSA) is 32.7 Å². The molecular formula is C11H21NO2. The monoisotopic (exact) mass is 199 g/mol. The predicted octanol–water partition coefficient (Wildman–Crippen LogP) is 0.870. The number of nitrogens with zero attached hydrogens (tertiary/aromatic N) is 1. The van der Waals surface area contributed by atoms with Crippen molar-refractivity contribution in [2.45, 2.75) is 31.7 Å². The molecule has 82 valence electrons. The number of ether oxygens (including phenoxy) is 1. The second-order valence-electron chi connectivity index (χ2n) is 4.51. The molecule has 0 spiro atoms. The van der Waals surface area contributed by atoms with Crippen molar-refractivity contribution in [1.29, 1.82) is 0 Å². The molecule has 0 unspecified atom stereocenters. The fourth-order valence-electron chi connectivity index (χ4n) is 2.23. The van der Waals surface area contributed by atoms with Crippen LogP contribution in [0.15, 0.2) is 0 Å². The molecule has 0 amide bonds. The normalized spacial score (nSPS) is 24.4. The maximum Gasteiger partial charge on any atom is 0.0558 e. The van der Waals surface area contributed by atoms with Gasteiger partial charge in [0.05, 0.1) is 6.61 Å². The summed E-state index contributed by atoms with van der Waals surface area (Å²) in [5.74, 6) is 0.921. The van der Waals surface area contributed by atoms with Gasteiger partial charge in [-0.05, 0) is 31.6 Å². The van der Waals surface area contributed by atoms with Gasteiger partial charge in [0.2, 0.25) is 0 Å². The highest BCUT2D eigenvalue weighted by molar-refractivity contribution is 4.82. The minimum atomic E-state index is 0.296. The number of hydrogen-bond donors (Lipinski definition) is 1. The Kier molecular flexibility index (Phi) is 3.79. The van der Waals surface area contributed by atoms with E-state index in [1.54, 1.807) is 0 Å². The molecule has 1 saturated heterocycles. The molecule has 14 heavy (non-hydrogen) atoms. The molecular weight excluding hydrogens is 178 g/mol. The molecule has 2 fully saturated rings. The fraction of sp³-hybridized carbons (Fsp3) is 1.00. The summed E-state index contributed by atoms with van der Waals surface area (Å²) in [6, 6.07) is 0.663. The fourth-order valence-corrected chi connectivity index (χ4v) is 2.23. The van der Waals surface area contributed by atoms with E-state index < -0.39 is 0 Å². The van der Waals surface area contributed by atoms with Gasteiger partial charge in [-0.3, -0.25) is 4.90 Å².